The van der Waals surface area contributed by atoms with E-state index < -0.39 is 0 Å². The van der Waals surface area contributed by atoms with E-state index in [1.54, 1.807) is 17.0 Å². The number of fused-ring (bicyclic) bond motifs is 1. The van der Waals surface area contributed by atoms with Crippen LogP contribution in [0.15, 0.2) is 18.2 Å². The third-order valence-electron chi connectivity index (χ3n) is 4.21. The minimum atomic E-state index is -0.0594. The Balaban J connectivity index is 1.89. The van der Waals surface area contributed by atoms with Crippen molar-refractivity contribution < 1.29 is 14.6 Å². The van der Waals surface area contributed by atoms with Gasteiger partial charge in [-0.1, -0.05) is 0 Å². The molecule has 0 aliphatic carbocycles. The van der Waals surface area contributed by atoms with E-state index in [9.17, 15) is 9.90 Å². The van der Waals surface area contributed by atoms with Crippen molar-refractivity contribution in [3.63, 3.8) is 0 Å². The molecule has 6 heteroatoms. The van der Waals surface area contributed by atoms with E-state index in [1.165, 1.54) is 0 Å². The van der Waals surface area contributed by atoms with Crippen LogP contribution in [0.5, 0.6) is 0 Å². The molecule has 0 spiro atoms. The summed E-state index contributed by atoms with van der Waals surface area (Å²) >= 11 is 0. The molecule has 0 bridgehead atoms. The molecule has 23 heavy (non-hydrogen) atoms. The van der Waals surface area contributed by atoms with Gasteiger partial charge in [-0.25, -0.2) is 9.97 Å². The zero-order valence-electron chi connectivity index (χ0n) is 13.5. The van der Waals surface area contributed by atoms with Crippen LogP contribution >= 0.6 is 0 Å². The Kier molecular flexibility index (Phi) is 4.54. The Morgan fingerprint density at radius 3 is 2.78 bits per heavy atom. The molecule has 1 atom stereocenters. The van der Waals surface area contributed by atoms with Gasteiger partial charge in [-0.05, 0) is 32.0 Å². The number of carbonyl (C=O) groups is 1. The third-order valence-corrected chi connectivity index (χ3v) is 4.21. The molecule has 0 radical (unpaired) electrons. The molecule has 122 valence electrons. The number of hydrogen-bond acceptors (Lipinski definition) is 5. The average molecular weight is 315 g/mol. The molecular formula is C17H21N3O3. The number of benzene rings is 1. The summed E-state index contributed by atoms with van der Waals surface area (Å²) in [6, 6.07) is 5.41. The summed E-state index contributed by atoms with van der Waals surface area (Å²) in [5.74, 6) is -0.0949. The van der Waals surface area contributed by atoms with Crippen LogP contribution in [0.1, 0.15) is 21.7 Å². The van der Waals surface area contributed by atoms with Crippen LogP contribution in [0.25, 0.3) is 11.0 Å². The first-order chi connectivity index (χ1) is 11.1. The summed E-state index contributed by atoms with van der Waals surface area (Å²) in [4.78, 5) is 23.5. The van der Waals surface area contributed by atoms with Crippen LogP contribution in [0.4, 0.5) is 0 Å². The lowest BCUT2D eigenvalue weighted by atomic mass is 10.1. The van der Waals surface area contributed by atoms with Gasteiger partial charge in [-0.15, -0.1) is 0 Å². The van der Waals surface area contributed by atoms with Gasteiger partial charge in [0.2, 0.25) is 0 Å². The Morgan fingerprint density at radius 1 is 1.30 bits per heavy atom. The van der Waals surface area contributed by atoms with Crippen molar-refractivity contribution in [2.24, 2.45) is 5.92 Å². The van der Waals surface area contributed by atoms with E-state index >= 15 is 0 Å². The lowest BCUT2D eigenvalue weighted by molar-refractivity contribution is 0.0728. The molecule has 1 aromatic carbocycles. The van der Waals surface area contributed by atoms with Crippen molar-refractivity contribution in [2.75, 3.05) is 32.9 Å². The van der Waals surface area contributed by atoms with E-state index in [-0.39, 0.29) is 18.4 Å². The lowest BCUT2D eigenvalue weighted by Crippen LogP contribution is -2.36. The Bertz CT molecular complexity index is 732. The first-order valence-corrected chi connectivity index (χ1v) is 7.81. The molecule has 1 aliphatic heterocycles. The number of aromatic nitrogens is 2. The van der Waals surface area contributed by atoms with E-state index in [0.29, 0.717) is 31.9 Å². The van der Waals surface area contributed by atoms with Crippen molar-refractivity contribution in [1.82, 2.24) is 14.9 Å². The van der Waals surface area contributed by atoms with Gasteiger partial charge < -0.3 is 14.7 Å². The number of hydrogen-bond donors (Lipinski definition) is 1. The highest BCUT2D eigenvalue weighted by Crippen LogP contribution is 2.17. The number of nitrogens with zero attached hydrogens (tertiary/aromatic N) is 3. The van der Waals surface area contributed by atoms with Crippen LogP contribution in [-0.4, -0.2) is 58.8 Å². The van der Waals surface area contributed by atoms with Gasteiger partial charge in [0.1, 0.15) is 0 Å². The van der Waals surface area contributed by atoms with E-state index in [2.05, 4.69) is 9.97 Å². The molecular weight excluding hydrogens is 294 g/mol. The van der Waals surface area contributed by atoms with Crippen LogP contribution in [0.2, 0.25) is 0 Å². The average Bonchev–Trinajstić information content (AvgIpc) is 2.80. The van der Waals surface area contributed by atoms with Crippen LogP contribution < -0.4 is 0 Å². The van der Waals surface area contributed by atoms with Gasteiger partial charge in [0, 0.05) is 31.2 Å². The van der Waals surface area contributed by atoms with Crippen molar-refractivity contribution in [1.29, 1.82) is 0 Å². The van der Waals surface area contributed by atoms with Crippen molar-refractivity contribution >= 4 is 16.9 Å². The second kappa shape index (κ2) is 6.60. The fraction of sp³-hybridized carbons (Fsp3) is 0.471. The van der Waals surface area contributed by atoms with Gasteiger partial charge >= 0.3 is 0 Å². The molecule has 0 saturated carbocycles. The predicted molar refractivity (Wildman–Crippen MR) is 86.3 cm³/mol. The zero-order chi connectivity index (χ0) is 16.4. The SMILES string of the molecule is Cc1nc2ccc(C(=O)N3CCOC[C@@H](CO)C3)cc2nc1C. The predicted octanol–water partition coefficient (Wildman–Crippen LogP) is 1.33. The van der Waals surface area contributed by atoms with Crippen molar-refractivity contribution in [2.45, 2.75) is 13.8 Å². The maximum Gasteiger partial charge on any atom is 0.254 e. The molecule has 1 amide bonds. The summed E-state index contributed by atoms with van der Waals surface area (Å²) in [6.07, 6.45) is 0. The maximum atomic E-state index is 12.8. The summed E-state index contributed by atoms with van der Waals surface area (Å²) in [7, 11) is 0. The number of aliphatic hydroxyl groups excluding tert-OH is 1. The molecule has 1 aromatic heterocycles. The monoisotopic (exact) mass is 315 g/mol. The Morgan fingerprint density at radius 2 is 2.04 bits per heavy atom. The van der Waals surface area contributed by atoms with Gasteiger partial charge in [-0.2, -0.15) is 0 Å². The van der Waals surface area contributed by atoms with E-state index in [1.807, 2.05) is 19.9 Å². The first-order valence-electron chi connectivity index (χ1n) is 7.81. The smallest absolute Gasteiger partial charge is 0.254 e. The van der Waals surface area contributed by atoms with Gasteiger partial charge in [0.15, 0.2) is 0 Å². The second-order valence-corrected chi connectivity index (χ2v) is 5.97. The maximum absolute atomic E-state index is 12.8. The van der Waals surface area contributed by atoms with Gasteiger partial charge in [0.25, 0.3) is 5.91 Å². The molecule has 2 heterocycles. The molecule has 6 nitrogen and oxygen atoms in total. The van der Waals surface area contributed by atoms with Gasteiger partial charge in [0.05, 0.1) is 35.6 Å². The molecule has 1 N–H and O–H groups in total. The summed E-state index contributed by atoms with van der Waals surface area (Å²) in [5, 5.41) is 9.35. The number of aliphatic hydroxyl groups is 1. The van der Waals surface area contributed by atoms with Crippen LogP contribution in [-0.2, 0) is 4.74 Å². The standard InChI is InChI=1S/C17H21N3O3/c1-11-12(2)19-16-7-14(3-4-15(16)18-11)17(22)20-5-6-23-10-13(8-20)9-21/h3-4,7,13,21H,5-6,8-10H2,1-2H3/t13-/m1/s1. The molecule has 2 aromatic rings. The zero-order valence-corrected chi connectivity index (χ0v) is 13.5. The summed E-state index contributed by atoms with van der Waals surface area (Å²) < 4.78 is 5.44. The quantitative estimate of drug-likeness (QED) is 0.905. The highest BCUT2D eigenvalue weighted by Gasteiger charge is 2.23. The van der Waals surface area contributed by atoms with Gasteiger partial charge in [-0.3, -0.25) is 4.79 Å². The highest BCUT2D eigenvalue weighted by molar-refractivity contribution is 5.97. The van der Waals surface area contributed by atoms with Crippen molar-refractivity contribution in [3.8, 4) is 0 Å². The fourth-order valence-electron chi connectivity index (χ4n) is 2.72. The minimum Gasteiger partial charge on any atom is -0.396 e. The second-order valence-electron chi connectivity index (χ2n) is 5.97. The molecule has 3 rings (SSSR count). The number of carbonyl (C=O) groups excluding carboxylic acids is 1. The normalized spacial score (nSPS) is 18.9. The Hall–Kier alpha value is -2.05. The first kappa shape index (κ1) is 15.8. The fourth-order valence-corrected chi connectivity index (χ4v) is 2.72. The Labute approximate surface area is 135 Å². The largest absolute Gasteiger partial charge is 0.396 e. The molecule has 1 saturated heterocycles. The third kappa shape index (κ3) is 3.33. The number of ether oxygens (including phenoxy) is 1. The molecule has 1 fully saturated rings. The summed E-state index contributed by atoms with van der Waals surface area (Å²) in [5.41, 5.74) is 3.87. The van der Waals surface area contributed by atoms with Crippen molar-refractivity contribution in [3.05, 3.63) is 35.2 Å². The summed E-state index contributed by atoms with van der Waals surface area (Å²) in [6.45, 7) is 5.88. The van der Waals surface area contributed by atoms with E-state index in [0.717, 1.165) is 22.4 Å². The van der Waals surface area contributed by atoms with E-state index in [4.69, 9.17) is 4.74 Å². The minimum absolute atomic E-state index is 0.0193. The number of amides is 1. The highest BCUT2D eigenvalue weighted by atomic mass is 16.5. The number of aryl methyl sites for hydroxylation is 2. The van der Waals surface area contributed by atoms with Crippen LogP contribution in [0, 0.1) is 19.8 Å². The molecule has 1 aliphatic rings. The van der Waals surface area contributed by atoms with Crippen LogP contribution in [0.3, 0.4) is 0 Å². The molecule has 0 unspecified atom stereocenters. The topological polar surface area (TPSA) is 75.6 Å². The lowest BCUT2D eigenvalue weighted by Gasteiger charge is -2.22. The number of rotatable bonds is 2.